The minimum atomic E-state index is -1.17. The summed E-state index contributed by atoms with van der Waals surface area (Å²) in [6.07, 6.45) is 62.9. The maximum atomic E-state index is 12.5. The van der Waals surface area contributed by atoms with Gasteiger partial charge in [0.1, 0.15) is 6.10 Å². The number of amides is 1. The van der Waals surface area contributed by atoms with Crippen LogP contribution in [0.4, 0.5) is 0 Å². The molecule has 0 spiro atoms. The fraction of sp³-hybridized carbons (Fsp3) is 0.870. The van der Waals surface area contributed by atoms with Crippen molar-refractivity contribution in [2.24, 2.45) is 0 Å². The molecule has 59 heavy (non-hydrogen) atoms. The van der Waals surface area contributed by atoms with E-state index in [4.69, 9.17) is 0 Å². The quantitative estimate of drug-likeness (QED) is 0.0363. The normalized spacial score (nSPS) is 13.6. The molecular weight excluding hydrogens is 727 g/mol. The van der Waals surface area contributed by atoms with Crippen LogP contribution in [0.3, 0.4) is 0 Å². The van der Waals surface area contributed by atoms with E-state index in [2.05, 4.69) is 55.6 Å². The van der Waals surface area contributed by atoms with Gasteiger partial charge in [0, 0.05) is 6.42 Å². The first-order valence-electron chi connectivity index (χ1n) is 26.3. The molecule has 0 rings (SSSR count). The maximum absolute atomic E-state index is 12.5. The maximum Gasteiger partial charge on any atom is 0.220 e. The lowest BCUT2D eigenvalue weighted by Crippen LogP contribution is -2.50. The third kappa shape index (κ3) is 44.4. The van der Waals surface area contributed by atoms with Crippen molar-refractivity contribution in [2.75, 3.05) is 6.61 Å². The third-order valence-corrected chi connectivity index (χ3v) is 12.2. The number of aliphatic hydroxyl groups is 3. The average molecular weight is 830 g/mol. The molecule has 0 aliphatic carbocycles. The van der Waals surface area contributed by atoms with Crippen LogP contribution in [-0.2, 0) is 4.79 Å². The van der Waals surface area contributed by atoms with Crippen LogP contribution in [0, 0.1) is 0 Å². The zero-order valence-electron chi connectivity index (χ0n) is 39.6. The Hall–Kier alpha value is -1.43. The summed E-state index contributed by atoms with van der Waals surface area (Å²) < 4.78 is 0. The van der Waals surface area contributed by atoms with Gasteiger partial charge in [-0.25, -0.2) is 0 Å². The Kier molecular flexibility index (Phi) is 48.0. The molecule has 0 heterocycles. The molecule has 0 saturated heterocycles. The summed E-state index contributed by atoms with van der Waals surface area (Å²) >= 11 is 0. The predicted octanol–water partition coefficient (Wildman–Crippen LogP) is 15.9. The van der Waals surface area contributed by atoms with Crippen molar-refractivity contribution in [2.45, 2.75) is 295 Å². The molecule has 0 saturated carbocycles. The van der Waals surface area contributed by atoms with Crippen LogP contribution in [0.15, 0.2) is 36.5 Å². The Balaban J connectivity index is 3.58. The highest BCUT2D eigenvalue weighted by atomic mass is 16.3. The Morgan fingerprint density at radius 1 is 0.407 bits per heavy atom. The summed E-state index contributed by atoms with van der Waals surface area (Å²) in [6.45, 7) is 4.18. The van der Waals surface area contributed by atoms with E-state index < -0.39 is 18.2 Å². The molecule has 5 nitrogen and oxygen atoms in total. The van der Waals surface area contributed by atoms with E-state index in [0.29, 0.717) is 12.8 Å². The van der Waals surface area contributed by atoms with Crippen LogP contribution in [0.2, 0.25) is 0 Å². The zero-order chi connectivity index (χ0) is 43.0. The van der Waals surface area contributed by atoms with Crippen molar-refractivity contribution < 1.29 is 20.1 Å². The van der Waals surface area contributed by atoms with Crippen molar-refractivity contribution in [1.29, 1.82) is 0 Å². The molecule has 0 aromatic heterocycles. The number of hydrogen-bond acceptors (Lipinski definition) is 4. The van der Waals surface area contributed by atoms with Crippen molar-refractivity contribution in [3.05, 3.63) is 36.5 Å². The predicted molar refractivity (Wildman–Crippen MR) is 259 cm³/mol. The lowest BCUT2D eigenvalue weighted by molar-refractivity contribution is -0.124. The largest absolute Gasteiger partial charge is 0.394 e. The first-order valence-corrected chi connectivity index (χ1v) is 26.3. The standard InChI is InChI=1S/C54H103NO4/c1-3-5-7-9-11-13-15-17-19-21-22-23-24-25-26-27-28-29-30-31-33-35-37-39-41-43-45-47-49-53(58)55-51(50-56)54(59)52(57)48-46-44-42-40-38-36-34-32-20-18-16-14-12-10-8-6-4-2/h25-26,32,34,40,42,51-52,54,56-57,59H,3-24,27-31,33,35-39,41,43-50H2,1-2H3,(H,55,58)/b26-25-,34-32+,42-40+. The van der Waals surface area contributed by atoms with Gasteiger partial charge in [0.15, 0.2) is 0 Å². The Morgan fingerprint density at radius 2 is 0.695 bits per heavy atom. The van der Waals surface area contributed by atoms with E-state index in [1.54, 1.807) is 0 Å². The summed E-state index contributed by atoms with van der Waals surface area (Å²) in [5.41, 5.74) is 0. The van der Waals surface area contributed by atoms with E-state index in [0.717, 1.165) is 44.9 Å². The number of carbonyl (C=O) groups excluding carboxylic acids is 1. The van der Waals surface area contributed by atoms with Crippen LogP contribution >= 0.6 is 0 Å². The molecule has 0 fully saturated rings. The van der Waals surface area contributed by atoms with Crippen LogP contribution < -0.4 is 5.32 Å². The summed E-state index contributed by atoms with van der Waals surface area (Å²) in [5.74, 6) is -0.157. The lowest BCUT2D eigenvalue weighted by atomic mass is 10.0. The highest BCUT2D eigenvalue weighted by molar-refractivity contribution is 5.76. The summed E-state index contributed by atoms with van der Waals surface area (Å²) in [4.78, 5) is 12.5. The molecule has 3 unspecified atom stereocenters. The summed E-state index contributed by atoms with van der Waals surface area (Å²) in [7, 11) is 0. The fourth-order valence-corrected chi connectivity index (χ4v) is 8.12. The molecule has 3 atom stereocenters. The number of rotatable bonds is 48. The molecule has 5 heteroatoms. The van der Waals surface area contributed by atoms with Gasteiger partial charge in [-0.3, -0.25) is 4.79 Å². The topological polar surface area (TPSA) is 89.8 Å². The second kappa shape index (κ2) is 49.2. The number of allylic oxidation sites excluding steroid dienone is 6. The number of hydrogen-bond donors (Lipinski definition) is 4. The highest BCUT2D eigenvalue weighted by Gasteiger charge is 2.26. The van der Waals surface area contributed by atoms with Gasteiger partial charge < -0.3 is 20.6 Å². The average Bonchev–Trinajstić information content (AvgIpc) is 3.24. The molecule has 348 valence electrons. The van der Waals surface area contributed by atoms with E-state index >= 15 is 0 Å². The SMILES string of the molecule is CCCCCCCCCC/C=C/CC/C=C/CCCC(O)C(O)C(CO)NC(=O)CCCCCCCCCCCCCC/C=C\CCCCCCCCCCCCCC. The van der Waals surface area contributed by atoms with Crippen molar-refractivity contribution >= 4 is 5.91 Å². The van der Waals surface area contributed by atoms with Crippen molar-refractivity contribution in [1.82, 2.24) is 5.32 Å². The van der Waals surface area contributed by atoms with E-state index in [1.165, 1.54) is 205 Å². The smallest absolute Gasteiger partial charge is 0.220 e. The molecule has 0 aromatic carbocycles. The zero-order valence-corrected chi connectivity index (χ0v) is 39.6. The van der Waals surface area contributed by atoms with E-state index in [1.807, 2.05) is 0 Å². The number of nitrogens with one attached hydrogen (secondary N) is 1. The second-order valence-electron chi connectivity index (χ2n) is 18.1. The molecular formula is C54H103NO4. The van der Waals surface area contributed by atoms with E-state index in [-0.39, 0.29) is 12.5 Å². The van der Waals surface area contributed by atoms with Gasteiger partial charge in [-0.15, -0.1) is 0 Å². The third-order valence-electron chi connectivity index (χ3n) is 12.2. The number of unbranched alkanes of at least 4 members (excludes halogenated alkanes) is 34. The minimum Gasteiger partial charge on any atom is -0.394 e. The van der Waals surface area contributed by atoms with Gasteiger partial charge in [-0.2, -0.15) is 0 Å². The molecule has 0 radical (unpaired) electrons. The van der Waals surface area contributed by atoms with Crippen LogP contribution in [0.1, 0.15) is 277 Å². The van der Waals surface area contributed by atoms with Gasteiger partial charge in [-0.1, -0.05) is 230 Å². The fourth-order valence-electron chi connectivity index (χ4n) is 8.12. The molecule has 0 bridgehead atoms. The summed E-state index contributed by atoms with van der Waals surface area (Å²) in [6, 6.07) is -0.832. The minimum absolute atomic E-state index is 0.157. The number of aliphatic hydroxyl groups excluding tert-OH is 3. The van der Waals surface area contributed by atoms with Crippen LogP contribution in [-0.4, -0.2) is 46.1 Å². The molecule has 0 aliphatic heterocycles. The van der Waals surface area contributed by atoms with Gasteiger partial charge >= 0.3 is 0 Å². The van der Waals surface area contributed by atoms with E-state index in [9.17, 15) is 20.1 Å². The second-order valence-corrected chi connectivity index (χ2v) is 18.1. The van der Waals surface area contributed by atoms with Crippen LogP contribution in [0.5, 0.6) is 0 Å². The molecule has 4 N–H and O–H groups in total. The Bertz CT molecular complexity index is 916. The van der Waals surface area contributed by atoms with Gasteiger partial charge in [0.05, 0.1) is 18.8 Å². The molecule has 1 amide bonds. The molecule has 0 aromatic rings. The van der Waals surface area contributed by atoms with Crippen molar-refractivity contribution in [3.8, 4) is 0 Å². The molecule has 0 aliphatic rings. The summed E-state index contributed by atoms with van der Waals surface area (Å²) in [5, 5.41) is 33.6. The van der Waals surface area contributed by atoms with Gasteiger partial charge in [0.25, 0.3) is 0 Å². The number of carbonyl (C=O) groups is 1. The Labute approximate surface area is 368 Å². The van der Waals surface area contributed by atoms with Crippen molar-refractivity contribution in [3.63, 3.8) is 0 Å². The van der Waals surface area contributed by atoms with Gasteiger partial charge in [-0.05, 0) is 77.0 Å². The monoisotopic (exact) mass is 830 g/mol. The van der Waals surface area contributed by atoms with Crippen LogP contribution in [0.25, 0.3) is 0 Å². The first-order chi connectivity index (χ1) is 29.1. The van der Waals surface area contributed by atoms with Gasteiger partial charge in [0.2, 0.25) is 5.91 Å². The first kappa shape index (κ1) is 57.6. The lowest BCUT2D eigenvalue weighted by Gasteiger charge is -2.26. The highest BCUT2D eigenvalue weighted by Crippen LogP contribution is 2.16. The Morgan fingerprint density at radius 3 is 1.03 bits per heavy atom.